The number of benzene rings is 2. The molecule has 0 aliphatic rings. The molecule has 30 heavy (non-hydrogen) atoms. The predicted molar refractivity (Wildman–Crippen MR) is 118 cm³/mol. The van der Waals surface area contributed by atoms with Gasteiger partial charge in [0.1, 0.15) is 17.1 Å². The van der Waals surface area contributed by atoms with Crippen molar-refractivity contribution in [3.05, 3.63) is 70.3 Å². The van der Waals surface area contributed by atoms with Crippen molar-refractivity contribution in [1.29, 1.82) is 0 Å². The summed E-state index contributed by atoms with van der Waals surface area (Å²) in [6.07, 6.45) is 6.45. The Morgan fingerprint density at radius 3 is 2.53 bits per heavy atom. The normalized spacial score (nSPS) is 11.0. The van der Waals surface area contributed by atoms with E-state index in [1.807, 2.05) is 0 Å². The van der Waals surface area contributed by atoms with Gasteiger partial charge in [-0.1, -0.05) is 57.2 Å². The van der Waals surface area contributed by atoms with Gasteiger partial charge >= 0.3 is 0 Å². The van der Waals surface area contributed by atoms with E-state index in [-0.39, 0.29) is 17.0 Å². The molecule has 1 heterocycles. The number of hydrogen-bond donors (Lipinski definition) is 2. The van der Waals surface area contributed by atoms with E-state index < -0.39 is 17.3 Å². The molecule has 0 bridgehead atoms. The molecular weight excluding hydrogens is 383 g/mol. The van der Waals surface area contributed by atoms with Gasteiger partial charge in [-0.25, -0.2) is 4.39 Å². The molecule has 0 unspecified atom stereocenters. The Morgan fingerprint density at radius 1 is 1.03 bits per heavy atom. The Bertz CT molecular complexity index is 1090. The van der Waals surface area contributed by atoms with Crippen LogP contribution in [0.4, 0.5) is 10.1 Å². The molecule has 0 aliphatic carbocycles. The molecule has 1 aromatic heterocycles. The third kappa shape index (κ3) is 4.87. The van der Waals surface area contributed by atoms with Crippen LogP contribution >= 0.6 is 0 Å². The van der Waals surface area contributed by atoms with Crippen molar-refractivity contribution >= 4 is 22.5 Å². The molecule has 0 radical (unpaired) electrons. The number of amides is 1. The number of hydrogen-bond acceptors (Lipinski definition) is 3. The maximum atomic E-state index is 13.4. The maximum absolute atomic E-state index is 13.4. The fraction of sp³-hybridized carbons (Fsp3) is 0.333. The van der Waals surface area contributed by atoms with Gasteiger partial charge in [-0.15, -0.1) is 0 Å². The number of pyridine rings is 1. The van der Waals surface area contributed by atoms with Crippen LogP contribution in [0.1, 0.15) is 55.8 Å². The SMILES string of the molecule is CCCCCCCCn1c(=O)c(C(=O)Nc2cccc(F)c2)c(O)c2ccccc21. The number of anilines is 1. The lowest BCUT2D eigenvalue weighted by atomic mass is 10.1. The smallest absolute Gasteiger partial charge is 0.267 e. The van der Waals surface area contributed by atoms with Gasteiger partial charge in [-0.2, -0.15) is 0 Å². The average Bonchev–Trinajstić information content (AvgIpc) is 2.72. The molecule has 0 saturated heterocycles. The number of rotatable bonds is 9. The highest BCUT2D eigenvalue weighted by molar-refractivity contribution is 6.09. The quantitative estimate of drug-likeness (QED) is 0.460. The molecule has 0 spiro atoms. The van der Waals surface area contributed by atoms with Crippen molar-refractivity contribution in [2.75, 3.05) is 5.32 Å². The highest BCUT2D eigenvalue weighted by Crippen LogP contribution is 2.27. The Kier molecular flexibility index (Phi) is 7.22. The molecule has 0 saturated carbocycles. The van der Waals surface area contributed by atoms with Gasteiger partial charge in [-0.3, -0.25) is 9.59 Å². The number of carbonyl (C=O) groups excluding carboxylic acids is 1. The topological polar surface area (TPSA) is 71.3 Å². The fourth-order valence-electron chi connectivity index (χ4n) is 3.63. The third-order valence-electron chi connectivity index (χ3n) is 5.19. The van der Waals surface area contributed by atoms with E-state index in [0.717, 1.165) is 25.3 Å². The van der Waals surface area contributed by atoms with Crippen LogP contribution in [0.25, 0.3) is 10.9 Å². The maximum Gasteiger partial charge on any atom is 0.267 e. The van der Waals surface area contributed by atoms with Gasteiger partial charge in [0.2, 0.25) is 0 Å². The number of fused-ring (bicyclic) bond motifs is 1. The second-order valence-electron chi connectivity index (χ2n) is 7.43. The van der Waals surface area contributed by atoms with E-state index in [1.54, 1.807) is 28.8 Å². The summed E-state index contributed by atoms with van der Waals surface area (Å²) in [6.45, 7) is 2.63. The first-order chi connectivity index (χ1) is 14.5. The van der Waals surface area contributed by atoms with Crippen molar-refractivity contribution in [2.24, 2.45) is 0 Å². The molecule has 158 valence electrons. The van der Waals surface area contributed by atoms with Gasteiger partial charge < -0.3 is 15.0 Å². The van der Waals surface area contributed by atoms with Crippen molar-refractivity contribution in [1.82, 2.24) is 4.57 Å². The first kappa shape index (κ1) is 21.6. The number of aromatic nitrogens is 1. The standard InChI is InChI=1S/C24H27FN2O3/c1-2-3-4-5-6-9-15-27-20-14-8-7-13-19(20)22(28)21(24(27)30)23(29)26-18-12-10-11-17(25)16-18/h7-8,10-14,16,28H,2-6,9,15H2,1H3,(H,26,29). The molecule has 5 nitrogen and oxygen atoms in total. The summed E-state index contributed by atoms with van der Waals surface area (Å²) in [4.78, 5) is 25.9. The minimum absolute atomic E-state index is 0.217. The van der Waals surface area contributed by atoms with Crippen molar-refractivity contribution in [3.8, 4) is 5.75 Å². The van der Waals surface area contributed by atoms with Crippen LogP contribution in [0.5, 0.6) is 5.75 Å². The van der Waals surface area contributed by atoms with Crippen LogP contribution in [-0.4, -0.2) is 15.6 Å². The summed E-state index contributed by atoms with van der Waals surface area (Å²) >= 11 is 0. The monoisotopic (exact) mass is 410 g/mol. The second kappa shape index (κ2) is 10.1. The minimum Gasteiger partial charge on any atom is -0.506 e. The Morgan fingerprint density at radius 2 is 1.77 bits per heavy atom. The molecule has 6 heteroatoms. The number of aryl methyl sites for hydroxylation is 1. The summed E-state index contributed by atoms with van der Waals surface area (Å²) in [5.41, 5.74) is -0.0668. The van der Waals surface area contributed by atoms with E-state index >= 15 is 0 Å². The largest absolute Gasteiger partial charge is 0.506 e. The highest BCUT2D eigenvalue weighted by atomic mass is 19.1. The molecule has 3 rings (SSSR count). The summed E-state index contributed by atoms with van der Waals surface area (Å²) in [7, 11) is 0. The Hall–Kier alpha value is -3.15. The number of para-hydroxylation sites is 1. The number of halogens is 1. The van der Waals surface area contributed by atoms with Gasteiger partial charge in [-0.05, 0) is 36.8 Å². The first-order valence-corrected chi connectivity index (χ1v) is 10.4. The average molecular weight is 410 g/mol. The lowest BCUT2D eigenvalue weighted by Gasteiger charge is -2.15. The van der Waals surface area contributed by atoms with E-state index in [1.165, 1.54) is 37.5 Å². The Balaban J connectivity index is 1.92. The second-order valence-corrected chi connectivity index (χ2v) is 7.43. The zero-order valence-corrected chi connectivity index (χ0v) is 17.2. The van der Waals surface area contributed by atoms with Crippen LogP contribution in [0, 0.1) is 5.82 Å². The van der Waals surface area contributed by atoms with Gasteiger partial charge in [0, 0.05) is 17.6 Å². The van der Waals surface area contributed by atoms with Gasteiger partial charge in [0.15, 0.2) is 0 Å². The van der Waals surface area contributed by atoms with Crippen molar-refractivity contribution in [3.63, 3.8) is 0 Å². The van der Waals surface area contributed by atoms with Crippen molar-refractivity contribution < 1.29 is 14.3 Å². The molecule has 0 aliphatic heterocycles. The summed E-state index contributed by atoms with van der Waals surface area (Å²) in [6, 6.07) is 12.4. The van der Waals surface area contributed by atoms with Crippen LogP contribution in [-0.2, 0) is 6.54 Å². The van der Waals surface area contributed by atoms with E-state index in [2.05, 4.69) is 12.2 Å². The molecule has 3 aromatic rings. The Labute approximate surface area is 175 Å². The number of unbranched alkanes of at least 4 members (excludes halogenated alkanes) is 5. The predicted octanol–water partition coefficient (Wildman–Crippen LogP) is 5.46. The third-order valence-corrected chi connectivity index (χ3v) is 5.19. The zero-order valence-electron chi connectivity index (χ0n) is 17.2. The van der Waals surface area contributed by atoms with Crippen LogP contribution < -0.4 is 10.9 Å². The fourth-order valence-corrected chi connectivity index (χ4v) is 3.63. The lowest BCUT2D eigenvalue weighted by Crippen LogP contribution is -2.30. The van der Waals surface area contributed by atoms with Crippen LogP contribution in [0.3, 0.4) is 0 Å². The molecule has 1 amide bonds. The molecular formula is C24H27FN2O3. The molecule has 0 atom stereocenters. The summed E-state index contributed by atoms with van der Waals surface area (Å²) in [5.74, 6) is -1.62. The summed E-state index contributed by atoms with van der Waals surface area (Å²) < 4.78 is 15.0. The first-order valence-electron chi connectivity index (χ1n) is 10.4. The molecule has 2 N–H and O–H groups in total. The van der Waals surface area contributed by atoms with Gasteiger partial charge in [0.25, 0.3) is 11.5 Å². The number of nitrogens with one attached hydrogen (secondary N) is 1. The van der Waals surface area contributed by atoms with Crippen molar-refractivity contribution in [2.45, 2.75) is 52.0 Å². The van der Waals surface area contributed by atoms with E-state index in [0.29, 0.717) is 17.4 Å². The number of aromatic hydroxyl groups is 1. The zero-order chi connectivity index (χ0) is 21.5. The van der Waals surface area contributed by atoms with Crippen LogP contribution in [0.15, 0.2) is 53.3 Å². The number of nitrogens with zero attached hydrogens (tertiary/aromatic N) is 1. The lowest BCUT2D eigenvalue weighted by molar-refractivity contribution is 0.102. The number of carbonyl (C=O) groups is 1. The molecule has 2 aromatic carbocycles. The highest BCUT2D eigenvalue weighted by Gasteiger charge is 2.22. The van der Waals surface area contributed by atoms with E-state index in [4.69, 9.17) is 0 Å². The molecule has 0 fully saturated rings. The van der Waals surface area contributed by atoms with Gasteiger partial charge in [0.05, 0.1) is 5.52 Å². The van der Waals surface area contributed by atoms with Crippen LogP contribution in [0.2, 0.25) is 0 Å². The van der Waals surface area contributed by atoms with E-state index in [9.17, 15) is 19.1 Å². The minimum atomic E-state index is -0.759. The summed E-state index contributed by atoms with van der Waals surface area (Å²) in [5, 5.41) is 13.6.